The third-order valence-corrected chi connectivity index (χ3v) is 0. The van der Waals surface area contributed by atoms with Crippen LogP contribution in [0.1, 0.15) is 0 Å². The van der Waals surface area contributed by atoms with Crippen LogP contribution in [0.5, 0.6) is 0 Å². The van der Waals surface area contributed by atoms with E-state index in [1.54, 1.807) is 15.8 Å². The van der Waals surface area contributed by atoms with Crippen LogP contribution in [-0.2, 0) is 0 Å². The fourth-order valence-electron chi connectivity index (χ4n) is 0. The summed E-state index contributed by atoms with van der Waals surface area (Å²) >= 11 is 1.65. The maximum absolute atomic E-state index is 7.58. The van der Waals surface area contributed by atoms with Gasteiger partial charge in [0, 0.05) is 0 Å². The molecule has 2 N–H and O–H groups in total. The molecule has 0 saturated heterocycles. The van der Waals surface area contributed by atoms with Crippen LogP contribution in [0.4, 0.5) is 0 Å². The van der Waals surface area contributed by atoms with Crippen LogP contribution in [0.3, 0.4) is 0 Å². The molecule has 0 atom stereocenters. The van der Waals surface area contributed by atoms with Crippen molar-refractivity contribution < 1.29 is 10.0 Å². The van der Waals surface area contributed by atoms with Crippen molar-refractivity contribution in [2.75, 3.05) is 0 Å². The Morgan fingerprint density at radius 1 is 1.50 bits per heavy atom. The van der Waals surface area contributed by atoms with Crippen molar-refractivity contribution in [3.05, 3.63) is 0 Å². The zero-order valence-corrected chi connectivity index (χ0v) is 3.80. The van der Waals surface area contributed by atoms with Crippen LogP contribution in [0, 0.1) is 0 Å². The molecule has 4 heavy (non-hydrogen) atoms. The Morgan fingerprint density at radius 3 is 1.50 bits per heavy atom. The van der Waals surface area contributed by atoms with E-state index >= 15 is 0 Å². The Kier molecular flexibility index (Phi) is 2.02. The molecular weight excluding hydrogens is 122 g/mol. The van der Waals surface area contributed by atoms with E-state index in [-0.39, 0.29) is 0 Å². The fraction of sp³-hybridized carbons (Fsp3) is 0. The van der Waals surface area contributed by atoms with Crippen molar-refractivity contribution in [2.24, 2.45) is 0 Å². The van der Waals surface area contributed by atoms with Gasteiger partial charge in [0.25, 0.3) is 0 Å². The summed E-state index contributed by atoms with van der Waals surface area (Å²) in [5.74, 6) is -1.23. The van der Waals surface area contributed by atoms with Crippen molar-refractivity contribution in [1.29, 1.82) is 0 Å². The molecule has 0 bridgehead atoms. The molecule has 0 aliphatic rings. The first-order chi connectivity index (χ1) is 1.73. The zero-order chi connectivity index (χ0) is 3.58. The van der Waals surface area contributed by atoms with Gasteiger partial charge in [0.15, 0.2) is 0 Å². The van der Waals surface area contributed by atoms with E-state index in [1.807, 2.05) is 0 Å². The van der Waals surface area contributed by atoms with Gasteiger partial charge in [0.05, 0.1) is 0 Å². The van der Waals surface area contributed by atoms with Gasteiger partial charge >= 0.3 is 31.8 Å². The molecule has 0 aliphatic carbocycles. The Balaban J connectivity index is 2.32. The molecule has 0 rings (SSSR count). The van der Waals surface area contributed by atoms with Crippen molar-refractivity contribution in [2.45, 2.75) is 0 Å². The molecule has 0 saturated carbocycles. The van der Waals surface area contributed by atoms with Crippen molar-refractivity contribution in [1.82, 2.24) is 0 Å². The SMILES string of the molecule is OB(O)[SeH]. The summed E-state index contributed by atoms with van der Waals surface area (Å²) < 4.78 is 0. The van der Waals surface area contributed by atoms with Crippen LogP contribution in [-0.4, -0.2) is 31.8 Å². The van der Waals surface area contributed by atoms with E-state index in [0.29, 0.717) is 0 Å². The van der Waals surface area contributed by atoms with Crippen molar-refractivity contribution in [3.8, 4) is 0 Å². The Hall–Kier alpha value is 0.504. The summed E-state index contributed by atoms with van der Waals surface area (Å²) in [6, 6.07) is 0. The van der Waals surface area contributed by atoms with Gasteiger partial charge in [-0.15, -0.1) is 0 Å². The second-order valence-electron chi connectivity index (χ2n) is 0.346. The molecule has 0 aromatic heterocycles. The minimum absolute atomic E-state index is 1.23. The molecule has 0 fully saturated rings. The zero-order valence-electron chi connectivity index (χ0n) is 1.92. The predicted molar refractivity (Wildman–Crippen MR) is 17.3 cm³/mol. The van der Waals surface area contributed by atoms with E-state index in [0.717, 1.165) is 0 Å². The van der Waals surface area contributed by atoms with Crippen LogP contribution in [0.2, 0.25) is 0 Å². The Labute approximate surface area is 32.6 Å². The molecule has 0 unspecified atom stereocenters. The Bertz CT molecular complexity index is 10.8. The quantitative estimate of drug-likeness (QED) is 0.362. The molecule has 0 aliphatic heterocycles. The third-order valence-electron chi connectivity index (χ3n) is 0. The van der Waals surface area contributed by atoms with Gasteiger partial charge in [-0.25, -0.2) is 0 Å². The molecule has 2 nitrogen and oxygen atoms in total. The number of hydrogen-bond donors (Lipinski definition) is 2. The molecule has 0 amide bonds. The average molecular weight is 125 g/mol. The molecule has 4 heteroatoms. The summed E-state index contributed by atoms with van der Waals surface area (Å²) in [5, 5.41) is 15.2. The number of hydrogen-bond acceptors (Lipinski definition) is 2. The van der Waals surface area contributed by atoms with Gasteiger partial charge in [-0.05, 0) is 0 Å². The first-order valence-electron chi connectivity index (χ1n) is 0.775. The monoisotopic (exact) mass is 126 g/mol. The molecule has 0 radical (unpaired) electrons. The van der Waals surface area contributed by atoms with Gasteiger partial charge in [0.1, 0.15) is 0 Å². The van der Waals surface area contributed by atoms with Crippen molar-refractivity contribution >= 4 is 21.8 Å². The average Bonchev–Trinajstić information content (AvgIpc) is 0.811. The summed E-state index contributed by atoms with van der Waals surface area (Å²) in [4.78, 5) is 0. The van der Waals surface area contributed by atoms with E-state index in [2.05, 4.69) is 0 Å². The predicted octanol–water partition coefficient (Wildman–Crippen LogP) is -2.14. The van der Waals surface area contributed by atoms with Crippen LogP contribution >= 0.6 is 0 Å². The molecule has 0 heterocycles. The summed E-state index contributed by atoms with van der Waals surface area (Å²) in [6.07, 6.45) is 0. The fourth-order valence-corrected chi connectivity index (χ4v) is 0. The van der Waals surface area contributed by atoms with Gasteiger partial charge in [-0.2, -0.15) is 0 Å². The third kappa shape index (κ3) is 22.3. The van der Waals surface area contributed by atoms with E-state index in [1.165, 1.54) is 0 Å². The molecule has 0 aromatic carbocycles. The minimum atomic E-state index is -1.23. The van der Waals surface area contributed by atoms with Gasteiger partial charge < -0.3 is 0 Å². The van der Waals surface area contributed by atoms with Gasteiger partial charge in [0.2, 0.25) is 0 Å². The molecular formula is H3BO2Se. The number of rotatable bonds is 0. The first-order valence-corrected chi connectivity index (χ1v) is 1.86. The standard InChI is InChI=1S/BH3O2Se/c2-1(3)4/h2-4H. The second-order valence-corrected chi connectivity index (χ2v) is 1.32. The van der Waals surface area contributed by atoms with E-state index in [4.69, 9.17) is 10.0 Å². The van der Waals surface area contributed by atoms with E-state index < -0.39 is 5.93 Å². The second kappa shape index (κ2) is 1.79. The summed E-state index contributed by atoms with van der Waals surface area (Å²) in [5.41, 5.74) is 0. The van der Waals surface area contributed by atoms with Gasteiger partial charge in [-0.1, -0.05) is 0 Å². The summed E-state index contributed by atoms with van der Waals surface area (Å²) in [7, 11) is 0. The molecule has 24 valence electrons. The molecule has 0 aromatic rings. The maximum atomic E-state index is 7.58. The molecule has 0 spiro atoms. The van der Waals surface area contributed by atoms with Crippen LogP contribution in [0.15, 0.2) is 0 Å². The summed E-state index contributed by atoms with van der Waals surface area (Å²) in [6.45, 7) is 0. The van der Waals surface area contributed by atoms with Crippen LogP contribution in [0.25, 0.3) is 0 Å². The van der Waals surface area contributed by atoms with Gasteiger partial charge in [-0.3, -0.25) is 0 Å². The topological polar surface area (TPSA) is 40.5 Å². The van der Waals surface area contributed by atoms with E-state index in [9.17, 15) is 0 Å². The first kappa shape index (κ1) is 4.50. The Morgan fingerprint density at radius 2 is 1.50 bits per heavy atom. The normalized spacial score (nSPS) is 6.75. The van der Waals surface area contributed by atoms with Crippen LogP contribution < -0.4 is 0 Å². The van der Waals surface area contributed by atoms with Crippen molar-refractivity contribution in [3.63, 3.8) is 0 Å².